The Morgan fingerprint density at radius 2 is 0.750 bits per heavy atom. The molecule has 15 N–H and O–H groups in total. The zero-order valence-corrected chi connectivity index (χ0v) is 44.0. The normalized spacial score (nSPS) is 14.8. The summed E-state index contributed by atoms with van der Waals surface area (Å²) in [6, 6.07) is -2.64. The zero-order valence-electron chi connectivity index (χ0n) is 31.0. The number of nitrogens with one attached hydrogen (secondary N) is 6. The second-order valence-corrected chi connectivity index (χ2v) is 19.0. The molecule has 0 spiro atoms. The number of anilines is 2. The molecule has 0 bridgehead atoms. The maximum Gasteiger partial charge on any atom is 0.253 e. The lowest BCUT2D eigenvalue weighted by atomic mass is 10.1. The van der Waals surface area contributed by atoms with Crippen LogP contribution in [-0.2, 0) is 9.59 Å². The number of hydrogen-bond donors (Lipinski definition) is 15. The van der Waals surface area contributed by atoms with Crippen LogP contribution >= 0.6 is 136 Å². The van der Waals surface area contributed by atoms with E-state index in [4.69, 9.17) is 0 Å². The van der Waals surface area contributed by atoms with Crippen molar-refractivity contribution in [2.24, 2.45) is 0 Å². The van der Waals surface area contributed by atoms with Gasteiger partial charge in [-0.3, -0.25) is 28.8 Å². The number of hydrogen-bond acceptors (Lipinski definition) is 15. The van der Waals surface area contributed by atoms with Crippen molar-refractivity contribution in [2.45, 2.75) is 56.5 Å². The summed E-state index contributed by atoms with van der Waals surface area (Å²) in [5.41, 5.74) is -0.729. The van der Waals surface area contributed by atoms with Crippen LogP contribution in [0.1, 0.15) is 55.3 Å². The molecule has 2 aromatic carbocycles. The van der Waals surface area contributed by atoms with Gasteiger partial charge in [0.1, 0.15) is 12.2 Å². The highest BCUT2D eigenvalue weighted by Gasteiger charge is 2.33. The van der Waals surface area contributed by atoms with E-state index in [1.54, 1.807) is 136 Å². The fourth-order valence-corrected chi connectivity index (χ4v) is 13.6. The third-order valence-corrected chi connectivity index (χ3v) is 14.6. The molecule has 2 rings (SSSR count). The van der Waals surface area contributed by atoms with E-state index in [2.05, 4.69) is 31.9 Å². The summed E-state index contributed by atoms with van der Waals surface area (Å²) < 4.78 is 0.570. The van der Waals surface area contributed by atoms with Gasteiger partial charge in [0.25, 0.3) is 35.4 Å². The number of carbonyl (C=O) groups is 6. The van der Waals surface area contributed by atoms with E-state index < -0.39 is 118 Å². The molecule has 60 heavy (non-hydrogen) atoms. The number of amides is 6. The number of halogens is 6. The molecule has 0 aromatic heterocycles. The Balaban J connectivity index is 2.49. The molecule has 0 aliphatic rings. The minimum Gasteiger partial charge on any atom is -0.394 e. The van der Waals surface area contributed by atoms with Crippen molar-refractivity contribution >= 4 is 182 Å². The molecule has 2 aromatic rings. The first-order chi connectivity index (χ1) is 28.0. The Kier molecular flexibility index (Phi) is 23.7. The van der Waals surface area contributed by atoms with Gasteiger partial charge in [0, 0.05) is 20.2 Å². The molecule has 0 fully saturated rings. The van der Waals surface area contributed by atoms with Gasteiger partial charge >= 0.3 is 0 Å². The van der Waals surface area contributed by atoms with E-state index in [0.717, 1.165) is 0 Å². The smallest absolute Gasteiger partial charge is 0.253 e. The summed E-state index contributed by atoms with van der Waals surface area (Å²) in [4.78, 5) is 79.6. The molecule has 0 aliphatic heterocycles. The van der Waals surface area contributed by atoms with Gasteiger partial charge < -0.3 is 77.9 Å². The molecule has 0 aliphatic carbocycles. The maximum absolute atomic E-state index is 13.7. The average Bonchev–Trinajstić information content (AvgIpc) is 3.19. The van der Waals surface area contributed by atoms with Gasteiger partial charge in [-0.05, 0) is 149 Å². The number of carbonyl (C=O) groups excluding carboxylic acids is 6. The van der Waals surface area contributed by atoms with E-state index in [1.165, 1.54) is 13.8 Å². The van der Waals surface area contributed by atoms with Crippen molar-refractivity contribution in [3.63, 3.8) is 0 Å². The quantitative estimate of drug-likeness (QED) is 0.0662. The Labute approximate surface area is 423 Å². The van der Waals surface area contributed by atoms with Crippen molar-refractivity contribution in [3.05, 3.63) is 43.7 Å². The largest absolute Gasteiger partial charge is 0.394 e. The lowest BCUT2D eigenvalue weighted by molar-refractivity contribution is -0.123. The van der Waals surface area contributed by atoms with Crippen LogP contribution in [0.4, 0.5) is 11.4 Å². The highest BCUT2D eigenvalue weighted by atomic mass is 127. The lowest BCUT2D eigenvalue weighted by Crippen LogP contribution is -2.48. The van der Waals surface area contributed by atoms with Crippen molar-refractivity contribution in [1.29, 1.82) is 0 Å². The minimum atomic E-state index is -1.55. The molecule has 0 heterocycles. The summed E-state index contributed by atoms with van der Waals surface area (Å²) in [6.45, 7) is -1.74. The van der Waals surface area contributed by atoms with Gasteiger partial charge in [-0.1, -0.05) is 0 Å². The van der Waals surface area contributed by atoms with E-state index >= 15 is 0 Å². The Morgan fingerprint density at radius 3 is 1.00 bits per heavy atom. The van der Waals surface area contributed by atoms with Crippen LogP contribution in [-0.4, -0.2) is 164 Å². The summed E-state index contributed by atoms with van der Waals surface area (Å²) in [5.74, 6) is -5.27. The van der Waals surface area contributed by atoms with Gasteiger partial charge in [-0.15, -0.1) is 0 Å². The van der Waals surface area contributed by atoms with Gasteiger partial charge in [-0.25, -0.2) is 0 Å². The van der Waals surface area contributed by atoms with E-state index in [9.17, 15) is 74.7 Å². The third kappa shape index (κ3) is 14.1. The van der Waals surface area contributed by atoms with Gasteiger partial charge in [-0.2, -0.15) is 0 Å². The van der Waals surface area contributed by atoms with Crippen LogP contribution in [0.5, 0.6) is 0 Å². The molecule has 334 valence electrons. The molecule has 0 saturated heterocycles. The first kappa shape index (κ1) is 55.4. The molecule has 21 nitrogen and oxygen atoms in total. The number of aliphatic hydroxyl groups is 9. The Morgan fingerprint density at radius 1 is 0.467 bits per heavy atom. The fraction of sp³-hybridized carbons (Fsp3) is 0.455. The van der Waals surface area contributed by atoms with Crippen LogP contribution in [0.3, 0.4) is 0 Å². The number of aliphatic hydroxyl groups excluding tert-OH is 9. The molecule has 6 atom stereocenters. The third-order valence-electron chi connectivity index (χ3n) is 8.12. The molecule has 27 heteroatoms. The van der Waals surface area contributed by atoms with E-state index in [1.807, 2.05) is 0 Å². The van der Waals surface area contributed by atoms with Crippen LogP contribution < -0.4 is 31.9 Å². The molecular weight excluding hydrogens is 1480 g/mol. The van der Waals surface area contributed by atoms with Crippen LogP contribution in [0, 0.1) is 21.4 Å². The Hall–Kier alpha value is -0.720. The van der Waals surface area contributed by atoms with Gasteiger partial charge in [0.15, 0.2) is 0 Å². The molecular formula is C33H40I6N6O15. The molecule has 6 unspecified atom stereocenters. The Bertz CT molecular complexity index is 1820. The molecule has 0 radical (unpaired) electrons. The number of benzene rings is 2. The van der Waals surface area contributed by atoms with E-state index in [0.29, 0.717) is 0 Å². The highest BCUT2D eigenvalue weighted by molar-refractivity contribution is 14.1. The fourth-order valence-electron chi connectivity index (χ4n) is 4.73. The van der Waals surface area contributed by atoms with Crippen molar-refractivity contribution in [1.82, 2.24) is 21.3 Å². The standard InChI is InChI=1S/C33H40I6N6O15/c1-9(50)28(55)44-26-22(36)16(20(34)18(24(26)38)32(59)42-12(5-46)14(53)7-48)30(57)40-3-11(52)4-41-31(58)17-21(35)19(33(60)43-13(6-47)15(54)8-49)25(39)27(23(17)37)45-29(56)10(2)51/h9-15,46-54H,3-8H2,1-2H3,(H,40,57)(H,41,58)(H,42,59)(H,43,60)(H,44,55)(H,45,56). The van der Waals surface area contributed by atoms with Gasteiger partial charge in [0.2, 0.25) is 0 Å². The van der Waals surface area contributed by atoms with E-state index in [-0.39, 0.29) is 55.0 Å². The second-order valence-electron chi connectivity index (χ2n) is 12.6. The van der Waals surface area contributed by atoms with Crippen molar-refractivity contribution < 1.29 is 74.7 Å². The maximum atomic E-state index is 13.7. The van der Waals surface area contributed by atoms with Crippen LogP contribution in [0.15, 0.2) is 0 Å². The molecule has 6 amide bonds. The number of rotatable bonds is 20. The predicted molar refractivity (Wildman–Crippen MR) is 263 cm³/mol. The first-order valence-electron chi connectivity index (χ1n) is 17.0. The summed E-state index contributed by atoms with van der Waals surface area (Å²) >= 11 is 10.4. The van der Waals surface area contributed by atoms with Crippen molar-refractivity contribution in [3.8, 4) is 0 Å². The predicted octanol–water partition coefficient (Wildman–Crippen LogP) is -1.64. The van der Waals surface area contributed by atoms with Crippen LogP contribution in [0.2, 0.25) is 0 Å². The first-order valence-corrected chi connectivity index (χ1v) is 23.5. The topological polar surface area (TPSA) is 357 Å². The van der Waals surface area contributed by atoms with Gasteiger partial charge in [0.05, 0.1) is 105 Å². The lowest BCUT2D eigenvalue weighted by Gasteiger charge is -2.24. The highest BCUT2D eigenvalue weighted by Crippen LogP contribution is 2.37. The van der Waals surface area contributed by atoms with Crippen LogP contribution in [0.25, 0.3) is 0 Å². The SMILES string of the molecule is CC(O)C(=O)Nc1c(I)c(C(=O)NCC(O)CNC(=O)c2c(I)c(NC(=O)C(C)O)c(I)c(C(=O)NC(CO)C(O)CO)c2I)c(I)c(C(=O)NC(CO)C(O)CO)c1I. The monoisotopic (exact) mass is 1520 g/mol. The molecule has 0 saturated carbocycles. The van der Waals surface area contributed by atoms with Crippen molar-refractivity contribution in [2.75, 3.05) is 50.2 Å². The second kappa shape index (κ2) is 25.7. The summed E-state index contributed by atoms with van der Waals surface area (Å²) in [6.07, 6.45) is -7.56. The summed E-state index contributed by atoms with van der Waals surface area (Å²) in [7, 11) is 0. The average molecular weight is 1520 g/mol. The summed E-state index contributed by atoms with van der Waals surface area (Å²) in [5, 5.41) is 103. The zero-order chi connectivity index (χ0) is 45.9. The minimum absolute atomic E-state index is 0.0378.